The van der Waals surface area contributed by atoms with E-state index < -0.39 is 0 Å². The molecule has 0 aromatic rings. The minimum absolute atomic E-state index is 0.0985. The maximum Gasteiger partial charge on any atom is 0.302 e. The molecule has 0 bridgehead atoms. The molecule has 0 aromatic heterocycles. The Morgan fingerprint density at radius 2 is 1.89 bits per heavy atom. The number of carbonyl (C=O) groups excluding carboxylic acids is 1. The number of rotatable bonds is 11. The summed E-state index contributed by atoms with van der Waals surface area (Å²) in [6, 6.07) is 0. The molecule has 106 valence electrons. The van der Waals surface area contributed by atoms with Crippen molar-refractivity contribution >= 4 is 5.97 Å². The molecular formula is C13H25NO4. The van der Waals surface area contributed by atoms with E-state index in [2.05, 4.69) is 6.92 Å². The minimum Gasteiger partial charge on any atom is -0.466 e. The third kappa shape index (κ3) is 11.4. The molecule has 1 atom stereocenters. The number of nitrogens with zero attached hydrogens (tertiary/aromatic N) is 1. The molecule has 0 aromatic carbocycles. The topological polar surface area (TPSA) is 69.4 Å². The predicted molar refractivity (Wildman–Crippen MR) is 70.0 cm³/mol. The third-order valence-electron chi connectivity index (χ3n) is 2.92. The van der Waals surface area contributed by atoms with Crippen LogP contribution in [0.1, 0.15) is 58.8 Å². The molecule has 0 aliphatic heterocycles. The fraction of sp³-hybridized carbons (Fsp3) is 0.923. The monoisotopic (exact) mass is 259 g/mol. The van der Waals surface area contributed by atoms with Crippen LogP contribution in [0.15, 0.2) is 0 Å². The summed E-state index contributed by atoms with van der Waals surface area (Å²) in [4.78, 5) is 20.8. The van der Waals surface area contributed by atoms with E-state index in [1.807, 2.05) is 0 Å². The van der Waals surface area contributed by atoms with Crippen LogP contribution < -0.4 is 0 Å². The van der Waals surface area contributed by atoms with Crippen LogP contribution >= 0.6 is 0 Å². The van der Waals surface area contributed by atoms with Gasteiger partial charge in [-0.3, -0.25) is 14.9 Å². The highest BCUT2D eigenvalue weighted by molar-refractivity contribution is 5.65. The molecule has 0 radical (unpaired) electrons. The van der Waals surface area contributed by atoms with Crippen LogP contribution in [-0.2, 0) is 9.53 Å². The summed E-state index contributed by atoms with van der Waals surface area (Å²) in [7, 11) is 0. The Hall–Kier alpha value is -1.13. The predicted octanol–water partition coefficient (Wildman–Crippen LogP) is 3.19. The van der Waals surface area contributed by atoms with Crippen molar-refractivity contribution in [2.45, 2.75) is 58.8 Å². The van der Waals surface area contributed by atoms with Gasteiger partial charge < -0.3 is 4.74 Å². The Morgan fingerprint density at radius 1 is 1.22 bits per heavy atom. The van der Waals surface area contributed by atoms with Crippen LogP contribution in [0.2, 0.25) is 0 Å². The largest absolute Gasteiger partial charge is 0.466 e. The zero-order valence-corrected chi connectivity index (χ0v) is 11.5. The smallest absolute Gasteiger partial charge is 0.302 e. The summed E-state index contributed by atoms with van der Waals surface area (Å²) in [6.45, 7) is 4.06. The zero-order valence-electron chi connectivity index (χ0n) is 11.5. The van der Waals surface area contributed by atoms with Gasteiger partial charge in [-0.2, -0.15) is 0 Å². The van der Waals surface area contributed by atoms with Crippen molar-refractivity contribution in [1.82, 2.24) is 0 Å². The molecule has 0 rings (SSSR count). The van der Waals surface area contributed by atoms with Crippen LogP contribution in [0.25, 0.3) is 0 Å². The van der Waals surface area contributed by atoms with E-state index in [4.69, 9.17) is 4.74 Å². The molecular weight excluding hydrogens is 234 g/mol. The van der Waals surface area contributed by atoms with E-state index in [0.29, 0.717) is 6.61 Å². The Bertz CT molecular complexity index is 243. The Kier molecular flexibility index (Phi) is 10.3. The summed E-state index contributed by atoms with van der Waals surface area (Å²) in [5, 5.41) is 10.5. The van der Waals surface area contributed by atoms with E-state index in [0.717, 1.165) is 44.9 Å². The summed E-state index contributed by atoms with van der Waals surface area (Å²) in [6.07, 6.45) is 6.86. The van der Waals surface area contributed by atoms with Gasteiger partial charge in [0.15, 0.2) is 0 Å². The zero-order chi connectivity index (χ0) is 13.8. The van der Waals surface area contributed by atoms with Crippen molar-refractivity contribution in [3.05, 3.63) is 10.1 Å². The summed E-state index contributed by atoms with van der Waals surface area (Å²) < 4.78 is 4.83. The van der Waals surface area contributed by atoms with E-state index >= 15 is 0 Å². The summed E-state index contributed by atoms with van der Waals surface area (Å²) >= 11 is 0. The normalized spacial score (nSPS) is 12.1. The van der Waals surface area contributed by atoms with Gasteiger partial charge in [0.25, 0.3) is 0 Å². The molecule has 0 spiro atoms. The van der Waals surface area contributed by atoms with Gasteiger partial charge in [0.1, 0.15) is 0 Å². The van der Waals surface area contributed by atoms with E-state index in [1.165, 1.54) is 6.92 Å². The van der Waals surface area contributed by atoms with Crippen molar-refractivity contribution in [1.29, 1.82) is 0 Å². The third-order valence-corrected chi connectivity index (χ3v) is 2.92. The lowest BCUT2D eigenvalue weighted by atomic mass is 9.96. The molecule has 0 aliphatic rings. The molecule has 0 aliphatic carbocycles. The average Bonchev–Trinajstić information content (AvgIpc) is 2.26. The molecule has 1 unspecified atom stereocenters. The van der Waals surface area contributed by atoms with E-state index in [-0.39, 0.29) is 23.4 Å². The first-order chi connectivity index (χ1) is 8.56. The highest BCUT2D eigenvalue weighted by Crippen LogP contribution is 2.16. The minimum atomic E-state index is -0.232. The van der Waals surface area contributed by atoms with Gasteiger partial charge in [0, 0.05) is 17.8 Å². The first kappa shape index (κ1) is 16.9. The maximum absolute atomic E-state index is 10.5. The van der Waals surface area contributed by atoms with Gasteiger partial charge in [-0.25, -0.2) is 0 Å². The van der Waals surface area contributed by atoms with Crippen LogP contribution in [0, 0.1) is 16.0 Å². The highest BCUT2D eigenvalue weighted by atomic mass is 16.6. The number of hydrogen-bond acceptors (Lipinski definition) is 4. The quantitative estimate of drug-likeness (QED) is 0.247. The number of carbonyl (C=O) groups is 1. The second kappa shape index (κ2) is 11.0. The molecule has 0 saturated heterocycles. The summed E-state index contributed by atoms with van der Waals surface area (Å²) in [5.41, 5.74) is 0. The first-order valence-electron chi connectivity index (χ1n) is 6.81. The van der Waals surface area contributed by atoms with Crippen molar-refractivity contribution in [3.8, 4) is 0 Å². The molecule has 5 nitrogen and oxygen atoms in total. The van der Waals surface area contributed by atoms with Gasteiger partial charge in [-0.15, -0.1) is 0 Å². The molecule has 0 amide bonds. The second-order valence-corrected chi connectivity index (χ2v) is 4.71. The lowest BCUT2D eigenvalue weighted by molar-refractivity contribution is -0.488. The number of nitro groups is 1. The summed E-state index contributed by atoms with van der Waals surface area (Å²) in [5.74, 6) is -0.0116. The molecule has 0 N–H and O–H groups in total. The standard InChI is InChI=1S/C13H25NO4/c1-3-8-13(11-14(16)17)9-6-4-5-7-10-18-12(2)15/h13H,3-11H2,1-2H3. The van der Waals surface area contributed by atoms with Crippen molar-refractivity contribution in [3.63, 3.8) is 0 Å². The average molecular weight is 259 g/mol. The molecule has 18 heavy (non-hydrogen) atoms. The Labute approximate surface area is 109 Å². The Morgan fingerprint density at radius 3 is 2.44 bits per heavy atom. The van der Waals surface area contributed by atoms with Crippen LogP contribution in [0.4, 0.5) is 0 Å². The number of esters is 1. The molecule has 5 heteroatoms. The van der Waals surface area contributed by atoms with Crippen molar-refractivity contribution < 1.29 is 14.5 Å². The molecule has 0 saturated carbocycles. The number of hydrogen-bond donors (Lipinski definition) is 0. The van der Waals surface area contributed by atoms with Gasteiger partial charge in [0.05, 0.1) is 6.61 Å². The van der Waals surface area contributed by atoms with E-state index in [9.17, 15) is 14.9 Å². The van der Waals surface area contributed by atoms with Crippen LogP contribution in [-0.4, -0.2) is 24.0 Å². The molecule has 0 fully saturated rings. The highest BCUT2D eigenvalue weighted by Gasteiger charge is 2.13. The first-order valence-corrected chi connectivity index (χ1v) is 6.81. The van der Waals surface area contributed by atoms with Crippen LogP contribution in [0.3, 0.4) is 0 Å². The Balaban J connectivity index is 3.48. The lowest BCUT2D eigenvalue weighted by Gasteiger charge is -2.11. The fourth-order valence-corrected chi connectivity index (χ4v) is 2.05. The SMILES string of the molecule is CCCC(CCCCCCOC(C)=O)C[N+](=O)[O-]. The van der Waals surface area contributed by atoms with Crippen molar-refractivity contribution in [2.75, 3.05) is 13.2 Å². The molecule has 0 heterocycles. The fourth-order valence-electron chi connectivity index (χ4n) is 2.05. The maximum atomic E-state index is 10.5. The van der Waals surface area contributed by atoms with Gasteiger partial charge in [-0.05, 0) is 19.3 Å². The van der Waals surface area contributed by atoms with Crippen molar-refractivity contribution in [2.24, 2.45) is 5.92 Å². The van der Waals surface area contributed by atoms with Gasteiger partial charge in [-0.1, -0.05) is 32.6 Å². The van der Waals surface area contributed by atoms with Gasteiger partial charge >= 0.3 is 5.97 Å². The van der Waals surface area contributed by atoms with Crippen LogP contribution in [0.5, 0.6) is 0 Å². The lowest BCUT2D eigenvalue weighted by Crippen LogP contribution is -2.14. The van der Waals surface area contributed by atoms with E-state index in [1.54, 1.807) is 0 Å². The number of unbranched alkanes of at least 4 members (excludes halogenated alkanes) is 3. The second-order valence-electron chi connectivity index (χ2n) is 4.71. The van der Waals surface area contributed by atoms with Gasteiger partial charge in [0.2, 0.25) is 6.54 Å². The number of ether oxygens (including phenoxy) is 1.